The smallest absolute Gasteiger partial charge is 0.152 e. The molecule has 0 aliphatic rings. The molecule has 0 aromatic rings. The van der Waals surface area contributed by atoms with Crippen molar-refractivity contribution in [2.45, 2.75) is 57.7 Å². The molecule has 1 N–H and O–H groups in total. The molecule has 2 unspecified atom stereocenters. The lowest BCUT2D eigenvalue weighted by Crippen LogP contribution is -2.26. The molecular weight excluding hydrogens is 210 g/mol. The van der Waals surface area contributed by atoms with E-state index in [0.717, 1.165) is 19.3 Å². The van der Waals surface area contributed by atoms with Crippen molar-refractivity contribution in [1.82, 2.24) is 5.32 Å². The van der Waals surface area contributed by atoms with Gasteiger partial charge < -0.3 is 5.32 Å². The second-order valence-electron chi connectivity index (χ2n) is 4.12. The van der Waals surface area contributed by atoms with Crippen molar-refractivity contribution in [3.8, 4) is 0 Å². The molecule has 3 nitrogen and oxygen atoms in total. The summed E-state index contributed by atoms with van der Waals surface area (Å²) in [6.45, 7) is 5.83. The Balaban J connectivity index is 3.95. The second-order valence-corrected chi connectivity index (χ2v) is 6.66. The second kappa shape index (κ2) is 7.23. The van der Waals surface area contributed by atoms with E-state index < -0.39 is 9.84 Å². The lowest BCUT2D eigenvalue weighted by molar-refractivity contribution is 0.499. The first-order valence-corrected chi connectivity index (χ1v) is 7.58. The molecule has 2 atom stereocenters. The topological polar surface area (TPSA) is 46.2 Å². The Bertz CT molecular complexity index is 245. The highest BCUT2D eigenvalue weighted by atomic mass is 32.2. The Labute approximate surface area is 94.6 Å². The predicted molar refractivity (Wildman–Crippen MR) is 65.9 cm³/mol. The van der Waals surface area contributed by atoms with E-state index in [4.69, 9.17) is 0 Å². The van der Waals surface area contributed by atoms with Crippen LogP contribution in [0.25, 0.3) is 0 Å². The summed E-state index contributed by atoms with van der Waals surface area (Å²) in [5.74, 6) is 0.334. The minimum absolute atomic E-state index is 0.188. The van der Waals surface area contributed by atoms with Gasteiger partial charge in [0.05, 0.1) is 11.0 Å². The molecule has 0 fully saturated rings. The zero-order valence-corrected chi connectivity index (χ0v) is 11.2. The zero-order chi connectivity index (χ0) is 11.9. The van der Waals surface area contributed by atoms with E-state index in [-0.39, 0.29) is 5.25 Å². The quantitative estimate of drug-likeness (QED) is 0.700. The monoisotopic (exact) mass is 235 g/mol. The summed E-state index contributed by atoms with van der Waals surface area (Å²) in [4.78, 5) is 0. The fourth-order valence-electron chi connectivity index (χ4n) is 1.54. The maximum absolute atomic E-state index is 11.7. The third kappa shape index (κ3) is 5.52. The Hall–Kier alpha value is -0.0900. The van der Waals surface area contributed by atoms with Gasteiger partial charge in [-0.1, -0.05) is 13.8 Å². The van der Waals surface area contributed by atoms with Crippen LogP contribution in [0, 0.1) is 0 Å². The average molecular weight is 235 g/mol. The Morgan fingerprint density at radius 3 is 2.20 bits per heavy atom. The van der Waals surface area contributed by atoms with Crippen LogP contribution in [0.3, 0.4) is 0 Å². The van der Waals surface area contributed by atoms with E-state index in [9.17, 15) is 8.42 Å². The van der Waals surface area contributed by atoms with Gasteiger partial charge in [0.2, 0.25) is 0 Å². The summed E-state index contributed by atoms with van der Waals surface area (Å²) in [6.07, 6.45) is 3.49. The van der Waals surface area contributed by atoms with Crippen molar-refractivity contribution in [3.05, 3.63) is 0 Å². The fraction of sp³-hybridized carbons (Fsp3) is 1.00. The lowest BCUT2D eigenvalue weighted by atomic mass is 10.1. The Morgan fingerprint density at radius 2 is 1.80 bits per heavy atom. The van der Waals surface area contributed by atoms with Crippen LogP contribution in [0.4, 0.5) is 0 Å². The van der Waals surface area contributed by atoms with Crippen LogP contribution in [-0.4, -0.2) is 32.5 Å². The van der Waals surface area contributed by atoms with E-state index in [2.05, 4.69) is 12.2 Å². The minimum atomic E-state index is -2.85. The normalized spacial score (nSPS) is 16.3. The van der Waals surface area contributed by atoms with Crippen molar-refractivity contribution in [2.75, 3.05) is 12.8 Å². The van der Waals surface area contributed by atoms with E-state index in [1.807, 2.05) is 14.0 Å². The highest BCUT2D eigenvalue weighted by Crippen LogP contribution is 2.10. The van der Waals surface area contributed by atoms with Crippen LogP contribution in [0.2, 0.25) is 0 Å². The molecule has 0 saturated heterocycles. The molecular formula is C11H25NO2S. The summed E-state index contributed by atoms with van der Waals surface area (Å²) in [7, 11) is -0.922. The van der Waals surface area contributed by atoms with Gasteiger partial charge in [-0.2, -0.15) is 0 Å². The number of rotatable bonds is 8. The van der Waals surface area contributed by atoms with Crippen LogP contribution < -0.4 is 5.32 Å². The summed E-state index contributed by atoms with van der Waals surface area (Å²) in [5, 5.41) is 3.00. The van der Waals surface area contributed by atoms with E-state index in [0.29, 0.717) is 18.2 Å². The maximum Gasteiger partial charge on any atom is 0.152 e. The van der Waals surface area contributed by atoms with Crippen molar-refractivity contribution in [1.29, 1.82) is 0 Å². The van der Waals surface area contributed by atoms with Crippen LogP contribution in [0.15, 0.2) is 0 Å². The molecule has 0 heterocycles. The molecule has 0 saturated carbocycles. The molecule has 0 spiro atoms. The highest BCUT2D eigenvalue weighted by Gasteiger charge is 2.18. The molecule has 92 valence electrons. The zero-order valence-electron chi connectivity index (χ0n) is 10.4. The first-order chi connectivity index (χ1) is 6.97. The third-order valence-electron chi connectivity index (χ3n) is 3.07. The average Bonchev–Trinajstić information content (AvgIpc) is 2.23. The molecule has 0 rings (SSSR count). The Kier molecular flexibility index (Phi) is 7.18. The van der Waals surface area contributed by atoms with Crippen molar-refractivity contribution >= 4 is 9.84 Å². The first kappa shape index (κ1) is 14.9. The summed E-state index contributed by atoms with van der Waals surface area (Å²) < 4.78 is 23.4. The summed E-state index contributed by atoms with van der Waals surface area (Å²) in [5.41, 5.74) is 0. The van der Waals surface area contributed by atoms with Gasteiger partial charge in [0.25, 0.3) is 0 Å². The standard InChI is InChI=1S/C11H25NO2S/c1-5-10(3)15(13,14)9-7-8-11(6-2)12-4/h10-12H,5-9H2,1-4H3. The molecule has 4 heteroatoms. The molecule has 0 aromatic heterocycles. The number of hydrogen-bond acceptors (Lipinski definition) is 3. The van der Waals surface area contributed by atoms with Crippen LogP contribution in [0.5, 0.6) is 0 Å². The van der Waals surface area contributed by atoms with Crippen LogP contribution >= 0.6 is 0 Å². The fourth-order valence-corrected chi connectivity index (χ4v) is 3.02. The van der Waals surface area contributed by atoms with Gasteiger partial charge in [-0.15, -0.1) is 0 Å². The van der Waals surface area contributed by atoms with Crippen LogP contribution in [-0.2, 0) is 9.84 Å². The van der Waals surface area contributed by atoms with Gasteiger partial charge in [0.1, 0.15) is 0 Å². The maximum atomic E-state index is 11.7. The molecule has 0 aliphatic carbocycles. The van der Waals surface area contributed by atoms with Crippen molar-refractivity contribution in [3.63, 3.8) is 0 Å². The highest BCUT2D eigenvalue weighted by molar-refractivity contribution is 7.91. The van der Waals surface area contributed by atoms with E-state index in [1.165, 1.54) is 0 Å². The molecule has 0 radical (unpaired) electrons. The van der Waals surface area contributed by atoms with Gasteiger partial charge in [-0.3, -0.25) is 0 Å². The van der Waals surface area contributed by atoms with E-state index in [1.54, 1.807) is 6.92 Å². The molecule has 15 heavy (non-hydrogen) atoms. The minimum Gasteiger partial charge on any atom is -0.317 e. The van der Waals surface area contributed by atoms with Gasteiger partial charge in [0.15, 0.2) is 9.84 Å². The number of hydrogen-bond donors (Lipinski definition) is 1. The van der Waals surface area contributed by atoms with Gasteiger partial charge >= 0.3 is 0 Å². The largest absolute Gasteiger partial charge is 0.317 e. The molecule has 0 aliphatic heterocycles. The lowest BCUT2D eigenvalue weighted by Gasteiger charge is -2.14. The Morgan fingerprint density at radius 1 is 1.20 bits per heavy atom. The summed E-state index contributed by atoms with van der Waals surface area (Å²) >= 11 is 0. The van der Waals surface area contributed by atoms with Crippen LogP contribution in [0.1, 0.15) is 46.5 Å². The molecule has 0 aromatic carbocycles. The van der Waals surface area contributed by atoms with E-state index >= 15 is 0 Å². The van der Waals surface area contributed by atoms with Crippen molar-refractivity contribution < 1.29 is 8.42 Å². The van der Waals surface area contributed by atoms with Gasteiger partial charge in [-0.25, -0.2) is 8.42 Å². The van der Waals surface area contributed by atoms with Gasteiger partial charge in [-0.05, 0) is 39.7 Å². The van der Waals surface area contributed by atoms with Gasteiger partial charge in [0, 0.05) is 6.04 Å². The molecule has 0 bridgehead atoms. The number of sulfone groups is 1. The third-order valence-corrected chi connectivity index (χ3v) is 5.49. The summed E-state index contributed by atoms with van der Waals surface area (Å²) in [6, 6.07) is 0.456. The van der Waals surface area contributed by atoms with Crippen molar-refractivity contribution in [2.24, 2.45) is 0 Å². The molecule has 0 amide bonds. The first-order valence-electron chi connectivity index (χ1n) is 5.86. The SMILES string of the molecule is CCC(CCCS(=O)(=O)C(C)CC)NC. The number of nitrogens with one attached hydrogen (secondary N) is 1. The predicted octanol–water partition coefficient (Wildman–Crippen LogP) is 1.98.